The number of hydrogen-bond donors (Lipinski definition) is 1. The minimum Gasteiger partial charge on any atom is -0.316 e. The van der Waals surface area contributed by atoms with Crippen molar-refractivity contribution in [3.05, 3.63) is 30.3 Å². The molecule has 1 N–H and O–H groups in total. The van der Waals surface area contributed by atoms with Crippen molar-refractivity contribution in [3.8, 4) is 0 Å². The van der Waals surface area contributed by atoms with Gasteiger partial charge in [0, 0.05) is 11.4 Å². The number of rotatable bonds is 8. The third-order valence-corrected chi connectivity index (χ3v) is 4.87. The molecule has 0 aromatic heterocycles. The molecule has 102 valence electrons. The van der Waals surface area contributed by atoms with Crippen LogP contribution in [0.25, 0.3) is 0 Å². The molecule has 0 saturated carbocycles. The molecule has 0 radical (unpaired) electrons. The van der Waals surface area contributed by atoms with Gasteiger partial charge in [-0.3, -0.25) is 0 Å². The van der Waals surface area contributed by atoms with Gasteiger partial charge in [-0.25, -0.2) is 0 Å². The summed E-state index contributed by atoms with van der Waals surface area (Å²) in [6.45, 7) is 11.4. The lowest BCUT2D eigenvalue weighted by Gasteiger charge is -2.34. The number of benzene rings is 1. The molecule has 1 atom stereocenters. The first-order valence-electron chi connectivity index (χ1n) is 6.97. The highest BCUT2D eigenvalue weighted by Crippen LogP contribution is 2.33. The third kappa shape index (κ3) is 5.03. The standard InChI is InChI=1S/C16H27NS/c1-5-17-13-16(4,14(2)3)11-12-18-15-9-7-6-8-10-15/h6-10,14,17H,5,11-13H2,1-4H3. The molecule has 0 fully saturated rings. The minimum atomic E-state index is 0.401. The van der Waals surface area contributed by atoms with E-state index in [0.717, 1.165) is 13.1 Å². The van der Waals surface area contributed by atoms with E-state index in [2.05, 4.69) is 63.3 Å². The third-order valence-electron chi connectivity index (χ3n) is 3.86. The van der Waals surface area contributed by atoms with E-state index in [-0.39, 0.29) is 0 Å². The highest BCUT2D eigenvalue weighted by molar-refractivity contribution is 7.99. The van der Waals surface area contributed by atoms with Crippen LogP contribution in [-0.2, 0) is 0 Å². The van der Waals surface area contributed by atoms with E-state index in [1.807, 2.05) is 11.8 Å². The molecule has 1 aromatic rings. The quantitative estimate of drug-likeness (QED) is 0.697. The summed E-state index contributed by atoms with van der Waals surface area (Å²) in [5.74, 6) is 1.91. The van der Waals surface area contributed by atoms with E-state index < -0.39 is 0 Å². The second-order valence-electron chi connectivity index (χ2n) is 5.50. The lowest BCUT2D eigenvalue weighted by Crippen LogP contribution is -2.36. The molecule has 1 nitrogen and oxygen atoms in total. The molecule has 0 bridgehead atoms. The Morgan fingerprint density at radius 1 is 1.22 bits per heavy atom. The Hall–Kier alpha value is -0.470. The lowest BCUT2D eigenvalue weighted by molar-refractivity contribution is 0.204. The lowest BCUT2D eigenvalue weighted by atomic mass is 9.77. The zero-order chi connectivity index (χ0) is 13.4. The molecule has 0 aliphatic rings. The van der Waals surface area contributed by atoms with Crippen molar-refractivity contribution < 1.29 is 0 Å². The summed E-state index contributed by atoms with van der Waals surface area (Å²) in [6.07, 6.45) is 1.26. The molecular formula is C16H27NS. The van der Waals surface area contributed by atoms with Crippen molar-refractivity contribution in [2.24, 2.45) is 11.3 Å². The van der Waals surface area contributed by atoms with Crippen LogP contribution >= 0.6 is 11.8 Å². The maximum Gasteiger partial charge on any atom is 0.00719 e. The Labute approximate surface area is 117 Å². The molecule has 0 amide bonds. The maximum atomic E-state index is 3.51. The fourth-order valence-electron chi connectivity index (χ4n) is 1.91. The number of thioether (sulfide) groups is 1. The monoisotopic (exact) mass is 265 g/mol. The van der Waals surface area contributed by atoms with Crippen LogP contribution in [0.4, 0.5) is 0 Å². The van der Waals surface area contributed by atoms with Gasteiger partial charge >= 0.3 is 0 Å². The van der Waals surface area contributed by atoms with Crippen molar-refractivity contribution >= 4 is 11.8 Å². The fraction of sp³-hybridized carbons (Fsp3) is 0.625. The maximum absolute atomic E-state index is 3.51. The molecule has 1 unspecified atom stereocenters. The Bertz CT molecular complexity index is 323. The topological polar surface area (TPSA) is 12.0 Å². The number of hydrogen-bond acceptors (Lipinski definition) is 2. The molecule has 18 heavy (non-hydrogen) atoms. The summed E-state index contributed by atoms with van der Waals surface area (Å²) in [7, 11) is 0. The Kier molecular flexibility index (Phi) is 6.80. The zero-order valence-corrected chi connectivity index (χ0v) is 13.0. The van der Waals surface area contributed by atoms with Crippen LogP contribution in [-0.4, -0.2) is 18.8 Å². The molecule has 0 aliphatic carbocycles. The van der Waals surface area contributed by atoms with Crippen molar-refractivity contribution in [2.45, 2.75) is 39.0 Å². The van der Waals surface area contributed by atoms with Crippen LogP contribution in [0.2, 0.25) is 0 Å². The zero-order valence-electron chi connectivity index (χ0n) is 12.2. The summed E-state index contributed by atoms with van der Waals surface area (Å²) < 4.78 is 0. The highest BCUT2D eigenvalue weighted by atomic mass is 32.2. The van der Waals surface area contributed by atoms with Gasteiger partial charge in [0.1, 0.15) is 0 Å². The van der Waals surface area contributed by atoms with Crippen LogP contribution in [0.5, 0.6) is 0 Å². The normalized spacial score (nSPS) is 14.7. The largest absolute Gasteiger partial charge is 0.316 e. The van der Waals surface area contributed by atoms with Gasteiger partial charge in [-0.1, -0.05) is 45.9 Å². The van der Waals surface area contributed by atoms with E-state index in [1.165, 1.54) is 17.1 Å². The summed E-state index contributed by atoms with van der Waals surface area (Å²) in [5, 5.41) is 3.51. The van der Waals surface area contributed by atoms with Gasteiger partial charge in [0.2, 0.25) is 0 Å². The van der Waals surface area contributed by atoms with Gasteiger partial charge in [0.15, 0.2) is 0 Å². The SMILES string of the molecule is CCNCC(C)(CCSc1ccccc1)C(C)C. The van der Waals surface area contributed by atoms with Crippen molar-refractivity contribution in [1.82, 2.24) is 5.32 Å². The minimum absolute atomic E-state index is 0.401. The number of nitrogens with one attached hydrogen (secondary N) is 1. The molecule has 0 spiro atoms. The predicted molar refractivity (Wildman–Crippen MR) is 83.3 cm³/mol. The molecule has 0 heterocycles. The fourth-order valence-corrected chi connectivity index (χ4v) is 3.06. The smallest absolute Gasteiger partial charge is 0.00719 e. The Balaban J connectivity index is 2.42. The molecule has 1 rings (SSSR count). The summed E-state index contributed by atoms with van der Waals surface area (Å²) >= 11 is 1.97. The van der Waals surface area contributed by atoms with Crippen LogP contribution in [0.3, 0.4) is 0 Å². The second kappa shape index (κ2) is 7.85. The molecule has 0 saturated heterocycles. The van der Waals surface area contributed by atoms with Crippen LogP contribution in [0.1, 0.15) is 34.1 Å². The van der Waals surface area contributed by atoms with Gasteiger partial charge in [-0.05, 0) is 42.2 Å². The van der Waals surface area contributed by atoms with E-state index in [1.54, 1.807) is 0 Å². The van der Waals surface area contributed by atoms with Gasteiger partial charge in [0.05, 0.1) is 0 Å². The predicted octanol–water partition coefficient (Wildman–Crippen LogP) is 4.44. The van der Waals surface area contributed by atoms with Crippen LogP contribution in [0, 0.1) is 11.3 Å². The summed E-state index contributed by atoms with van der Waals surface area (Å²) in [6, 6.07) is 10.7. The van der Waals surface area contributed by atoms with Gasteiger partial charge in [0.25, 0.3) is 0 Å². The first kappa shape index (κ1) is 15.6. The van der Waals surface area contributed by atoms with Crippen LogP contribution < -0.4 is 5.32 Å². The second-order valence-corrected chi connectivity index (χ2v) is 6.67. The summed E-state index contributed by atoms with van der Waals surface area (Å²) in [5.41, 5.74) is 0.401. The first-order chi connectivity index (χ1) is 8.58. The van der Waals surface area contributed by atoms with Crippen molar-refractivity contribution in [2.75, 3.05) is 18.8 Å². The van der Waals surface area contributed by atoms with Gasteiger partial charge in [-0.15, -0.1) is 11.8 Å². The molecule has 0 aliphatic heterocycles. The van der Waals surface area contributed by atoms with E-state index >= 15 is 0 Å². The average molecular weight is 265 g/mol. The molecule has 1 aromatic carbocycles. The highest BCUT2D eigenvalue weighted by Gasteiger charge is 2.27. The van der Waals surface area contributed by atoms with E-state index in [4.69, 9.17) is 0 Å². The Morgan fingerprint density at radius 2 is 1.89 bits per heavy atom. The molecular weight excluding hydrogens is 238 g/mol. The van der Waals surface area contributed by atoms with Gasteiger partial charge < -0.3 is 5.32 Å². The van der Waals surface area contributed by atoms with Gasteiger partial charge in [-0.2, -0.15) is 0 Å². The van der Waals surface area contributed by atoms with Crippen LogP contribution in [0.15, 0.2) is 35.2 Å². The van der Waals surface area contributed by atoms with Crippen molar-refractivity contribution in [1.29, 1.82) is 0 Å². The molecule has 2 heteroatoms. The van der Waals surface area contributed by atoms with E-state index in [0.29, 0.717) is 11.3 Å². The van der Waals surface area contributed by atoms with Crippen molar-refractivity contribution in [3.63, 3.8) is 0 Å². The first-order valence-corrected chi connectivity index (χ1v) is 7.95. The van der Waals surface area contributed by atoms with E-state index in [9.17, 15) is 0 Å². The average Bonchev–Trinajstić information content (AvgIpc) is 2.37. The summed E-state index contributed by atoms with van der Waals surface area (Å²) in [4.78, 5) is 1.38. The Morgan fingerprint density at radius 3 is 2.44 bits per heavy atom.